The number of halogens is 3. The van der Waals surface area contributed by atoms with Crippen molar-refractivity contribution in [3.05, 3.63) is 71.8 Å². The average molecular weight is 511 g/mol. The van der Waals surface area contributed by atoms with Crippen LogP contribution in [-0.4, -0.2) is 21.1 Å². The maximum atomic E-state index is 13.7. The molecule has 188 valence electrons. The molecule has 3 aromatic carbocycles. The standard InChI is InChI=1S/C24H19F3N2O5S.3H2/c25-24(26,27)19-7-4-16(12-18(19)14-1-5-17(6-2-14)35(28,31)32)29-22(30)23(9-10-23)15-3-8-20-21(11-15)34-13-33-20;;;/h1-8,11-12H,9-10,13H2,(H,29,30)(H2,28,31,32);3*1H. The van der Waals surface area contributed by atoms with Crippen LogP contribution in [0.2, 0.25) is 0 Å². The lowest BCUT2D eigenvalue weighted by Crippen LogP contribution is -2.27. The van der Waals surface area contributed by atoms with Crippen molar-refractivity contribution in [3.63, 3.8) is 0 Å². The number of fused-ring (bicyclic) bond motifs is 1. The Morgan fingerprint density at radius 1 is 0.971 bits per heavy atom. The summed E-state index contributed by atoms with van der Waals surface area (Å²) in [5.74, 6) is 0.791. The van der Waals surface area contributed by atoms with Crippen LogP contribution in [0, 0.1) is 0 Å². The van der Waals surface area contributed by atoms with Crippen molar-refractivity contribution in [1.82, 2.24) is 0 Å². The molecule has 0 spiro atoms. The third kappa shape index (κ3) is 4.32. The minimum atomic E-state index is -4.67. The molecule has 2 aliphatic rings. The highest BCUT2D eigenvalue weighted by Gasteiger charge is 2.51. The molecule has 1 aliphatic carbocycles. The van der Waals surface area contributed by atoms with E-state index in [0.717, 1.165) is 23.8 Å². The van der Waals surface area contributed by atoms with Crippen LogP contribution < -0.4 is 19.9 Å². The third-order valence-corrected chi connectivity index (χ3v) is 7.12. The number of nitrogens with one attached hydrogen (secondary N) is 1. The van der Waals surface area contributed by atoms with Crippen molar-refractivity contribution in [2.24, 2.45) is 5.14 Å². The largest absolute Gasteiger partial charge is 0.454 e. The summed E-state index contributed by atoms with van der Waals surface area (Å²) in [6.45, 7) is 0.102. The number of hydrogen-bond acceptors (Lipinski definition) is 5. The molecule has 5 rings (SSSR count). The molecule has 0 atom stereocenters. The van der Waals surface area contributed by atoms with E-state index in [1.54, 1.807) is 18.2 Å². The number of hydrogen-bond donors (Lipinski definition) is 2. The zero-order chi connectivity index (χ0) is 25.0. The van der Waals surface area contributed by atoms with E-state index in [1.807, 2.05) is 0 Å². The van der Waals surface area contributed by atoms with Crippen LogP contribution in [-0.2, 0) is 26.4 Å². The van der Waals surface area contributed by atoms with Gasteiger partial charge >= 0.3 is 6.18 Å². The number of carbonyl (C=O) groups is 1. The quantitative estimate of drug-likeness (QED) is 0.493. The van der Waals surface area contributed by atoms with Gasteiger partial charge in [0.1, 0.15) is 0 Å². The predicted molar refractivity (Wildman–Crippen MR) is 127 cm³/mol. The summed E-state index contributed by atoms with van der Waals surface area (Å²) in [6, 6.07) is 13.3. The third-order valence-electron chi connectivity index (χ3n) is 6.19. The molecule has 1 aliphatic heterocycles. The number of amides is 1. The van der Waals surface area contributed by atoms with Crippen LogP contribution >= 0.6 is 0 Å². The molecule has 11 heteroatoms. The summed E-state index contributed by atoms with van der Waals surface area (Å²) in [5, 5.41) is 7.82. The van der Waals surface area contributed by atoms with Gasteiger partial charge in [0.2, 0.25) is 22.7 Å². The first-order chi connectivity index (χ1) is 16.5. The smallest absolute Gasteiger partial charge is 0.417 e. The molecule has 1 amide bonds. The van der Waals surface area contributed by atoms with Crippen molar-refractivity contribution in [2.75, 3.05) is 12.1 Å². The van der Waals surface area contributed by atoms with Crippen LogP contribution in [0.5, 0.6) is 11.5 Å². The Hall–Kier alpha value is -3.57. The first-order valence-electron chi connectivity index (χ1n) is 10.5. The van der Waals surface area contributed by atoms with E-state index in [2.05, 4.69) is 5.32 Å². The second-order valence-electron chi connectivity index (χ2n) is 8.43. The Labute approximate surface area is 203 Å². The first-order valence-corrected chi connectivity index (χ1v) is 12.1. The predicted octanol–water partition coefficient (Wildman–Crippen LogP) is 5.16. The molecule has 3 aromatic rings. The van der Waals surface area contributed by atoms with Crippen LogP contribution in [0.1, 0.15) is 28.2 Å². The van der Waals surface area contributed by atoms with Gasteiger partial charge in [-0.1, -0.05) is 18.2 Å². The Bertz CT molecular complexity index is 1450. The van der Waals surface area contributed by atoms with Crippen molar-refractivity contribution < 1.29 is 40.1 Å². The molecule has 0 aromatic heterocycles. The number of carbonyl (C=O) groups excluding carboxylic acids is 1. The number of rotatable bonds is 5. The van der Waals surface area contributed by atoms with Crippen molar-refractivity contribution in [3.8, 4) is 22.6 Å². The lowest BCUT2D eigenvalue weighted by molar-refractivity contribution is -0.137. The normalized spacial score (nSPS) is 16.1. The van der Waals surface area contributed by atoms with Gasteiger partial charge in [0.15, 0.2) is 11.5 Å². The van der Waals surface area contributed by atoms with Gasteiger partial charge in [0.05, 0.1) is 15.9 Å². The van der Waals surface area contributed by atoms with Crippen LogP contribution in [0.15, 0.2) is 65.6 Å². The molecule has 0 bridgehead atoms. The molecular weight excluding hydrogens is 485 g/mol. The van der Waals surface area contributed by atoms with Crippen molar-refractivity contribution in [1.29, 1.82) is 0 Å². The topological polar surface area (TPSA) is 108 Å². The number of alkyl halides is 3. The number of benzene rings is 3. The maximum Gasteiger partial charge on any atom is 0.417 e. The minimum Gasteiger partial charge on any atom is -0.454 e. The second-order valence-corrected chi connectivity index (χ2v) is 9.99. The average Bonchev–Trinajstić information content (AvgIpc) is 3.49. The fourth-order valence-electron chi connectivity index (χ4n) is 4.15. The molecular formula is C24H25F3N2O5S. The highest BCUT2D eigenvalue weighted by molar-refractivity contribution is 7.89. The maximum absolute atomic E-state index is 13.7. The van der Waals surface area contributed by atoms with Gasteiger partial charge in [0, 0.05) is 9.97 Å². The van der Waals surface area contributed by atoms with Gasteiger partial charge < -0.3 is 14.8 Å². The highest BCUT2D eigenvalue weighted by Crippen LogP contribution is 2.51. The van der Waals surface area contributed by atoms with Crippen LogP contribution in [0.4, 0.5) is 18.9 Å². The van der Waals surface area contributed by atoms with Gasteiger partial charge in [-0.15, -0.1) is 0 Å². The van der Waals surface area contributed by atoms with Crippen LogP contribution in [0.25, 0.3) is 11.1 Å². The van der Waals surface area contributed by atoms with E-state index in [1.165, 1.54) is 24.3 Å². The van der Waals surface area contributed by atoms with Crippen molar-refractivity contribution >= 4 is 21.6 Å². The molecule has 35 heavy (non-hydrogen) atoms. The Morgan fingerprint density at radius 2 is 1.66 bits per heavy atom. The number of sulfonamides is 1. The summed E-state index contributed by atoms with van der Waals surface area (Å²) in [4.78, 5) is 13.0. The summed E-state index contributed by atoms with van der Waals surface area (Å²) in [6.07, 6.45) is -3.50. The number of nitrogens with two attached hydrogens (primary N) is 1. The zero-order valence-corrected chi connectivity index (χ0v) is 18.9. The summed E-state index contributed by atoms with van der Waals surface area (Å²) in [7, 11) is -4.00. The molecule has 1 heterocycles. The van der Waals surface area contributed by atoms with Gasteiger partial charge in [-0.05, 0) is 72.0 Å². The summed E-state index contributed by atoms with van der Waals surface area (Å²) < 4.78 is 74.8. The van der Waals surface area contributed by atoms with Crippen LogP contribution in [0.3, 0.4) is 0 Å². The molecule has 7 nitrogen and oxygen atoms in total. The Balaban J connectivity index is 0.00000169. The fraction of sp³-hybridized carbons (Fsp3) is 0.208. The van der Waals surface area contributed by atoms with E-state index in [9.17, 15) is 26.4 Å². The van der Waals surface area contributed by atoms with E-state index in [0.29, 0.717) is 24.3 Å². The number of anilines is 1. The molecule has 3 N–H and O–H groups in total. The lowest BCUT2D eigenvalue weighted by Gasteiger charge is -2.19. The molecule has 1 fully saturated rings. The van der Waals surface area contributed by atoms with Gasteiger partial charge in [-0.3, -0.25) is 4.79 Å². The molecule has 1 saturated carbocycles. The Kier molecular flexibility index (Phi) is 5.29. The zero-order valence-electron chi connectivity index (χ0n) is 18.1. The molecule has 0 radical (unpaired) electrons. The van der Waals surface area contributed by atoms with E-state index in [-0.39, 0.29) is 38.7 Å². The molecule has 0 saturated heterocycles. The van der Waals surface area contributed by atoms with E-state index in [4.69, 9.17) is 14.6 Å². The van der Waals surface area contributed by atoms with E-state index >= 15 is 0 Å². The van der Waals surface area contributed by atoms with Gasteiger partial charge in [-0.2, -0.15) is 13.2 Å². The summed E-state index contributed by atoms with van der Waals surface area (Å²) in [5.41, 5.74) is -0.885. The first kappa shape index (κ1) is 23.2. The SMILES string of the molecule is NS(=O)(=O)c1ccc(-c2cc(NC(=O)C3(c4ccc5c(c4)OCO5)CC3)ccc2C(F)(F)F)cc1.[HH].[HH].[HH]. The summed E-state index contributed by atoms with van der Waals surface area (Å²) >= 11 is 0. The lowest BCUT2D eigenvalue weighted by atomic mass is 9.94. The molecule has 0 unspecified atom stereocenters. The monoisotopic (exact) mass is 510 g/mol. The highest BCUT2D eigenvalue weighted by atomic mass is 32.2. The van der Waals surface area contributed by atoms with Gasteiger partial charge in [0.25, 0.3) is 0 Å². The minimum absolute atomic E-state index is 0. The van der Waals surface area contributed by atoms with Gasteiger partial charge in [-0.25, -0.2) is 13.6 Å². The fourth-order valence-corrected chi connectivity index (χ4v) is 4.66. The number of ether oxygens (including phenoxy) is 2. The van der Waals surface area contributed by atoms with Crippen molar-refractivity contribution in [2.45, 2.75) is 29.3 Å². The Morgan fingerprint density at radius 3 is 2.29 bits per heavy atom. The number of primary sulfonamides is 1. The van der Waals surface area contributed by atoms with E-state index < -0.39 is 27.2 Å². The second kappa shape index (κ2) is 7.99.